The molecule has 0 saturated heterocycles. The number of nitrogens with one attached hydrogen (secondary N) is 2. The molecule has 7 heteroatoms. The number of aryl methyl sites for hydroxylation is 2. The van der Waals surface area contributed by atoms with Gasteiger partial charge in [0.2, 0.25) is 0 Å². The van der Waals surface area contributed by atoms with E-state index in [9.17, 15) is 9.59 Å². The Labute approximate surface area is 196 Å². The number of carbonyl (C=O) groups excluding carboxylic acids is 2. The van der Waals surface area contributed by atoms with Gasteiger partial charge in [0, 0.05) is 0 Å². The monoisotopic (exact) mass is 508 g/mol. The van der Waals surface area contributed by atoms with Crippen LogP contribution in [0.5, 0.6) is 0 Å². The van der Waals surface area contributed by atoms with Gasteiger partial charge in [-0.25, -0.2) is 0 Å². The number of amides is 2. The average molecular weight is 510 g/mol. The summed E-state index contributed by atoms with van der Waals surface area (Å²) < 4.78 is 5.97. The Kier molecular flexibility index (Phi) is 12.7. The summed E-state index contributed by atoms with van der Waals surface area (Å²) >= 11 is -1.57. The predicted octanol–water partition coefficient (Wildman–Crippen LogP) is -1.09. The van der Waals surface area contributed by atoms with Gasteiger partial charge in [0.1, 0.15) is 0 Å². The first-order valence-electron chi connectivity index (χ1n) is 10.4. The first-order chi connectivity index (χ1) is 13.8. The zero-order valence-corrected chi connectivity index (χ0v) is 21.7. The summed E-state index contributed by atoms with van der Waals surface area (Å²) in [4.78, 5) is 25.2. The molecule has 0 fully saturated rings. The minimum atomic E-state index is -1.57. The molecule has 2 aromatic carbocycles. The molecular weight excluding hydrogens is 477 g/mol. The van der Waals surface area contributed by atoms with Crippen molar-refractivity contribution in [2.24, 2.45) is 0 Å². The first kappa shape index (κ1) is 29.1. The van der Waals surface area contributed by atoms with Gasteiger partial charge in [-0.05, 0) is 0 Å². The Morgan fingerprint density at radius 3 is 1.35 bits per heavy atom. The van der Waals surface area contributed by atoms with Crippen molar-refractivity contribution in [3.63, 3.8) is 0 Å². The van der Waals surface area contributed by atoms with Gasteiger partial charge < -0.3 is 9.41 Å². The van der Waals surface area contributed by atoms with Gasteiger partial charge in [-0.3, -0.25) is 0 Å². The molecule has 0 aliphatic heterocycles. The van der Waals surface area contributed by atoms with Crippen LogP contribution in [0.1, 0.15) is 80.8 Å². The second kappa shape index (κ2) is 13.5. The van der Waals surface area contributed by atoms with E-state index in [1.54, 1.807) is 0 Å². The molecule has 0 saturated carbocycles. The van der Waals surface area contributed by atoms with Crippen molar-refractivity contribution in [2.45, 2.75) is 67.2 Å². The van der Waals surface area contributed by atoms with Crippen molar-refractivity contribution in [1.29, 1.82) is 0 Å². The molecule has 0 radical (unpaired) electrons. The second-order valence-electron chi connectivity index (χ2n) is 7.58. The number of hydrogen-bond acceptors (Lipinski definition) is 2. The van der Waals surface area contributed by atoms with Crippen molar-refractivity contribution < 1.29 is 42.8 Å². The first-order valence-corrected chi connectivity index (χ1v) is 12.8. The SMILES string of the molecule is CCCc1ccc(C(=O)[NH][Zr+2][NH]C(=O)c2ccc(CCC)c(C)c2C)c(C)c1C.[F-].[F-]. The van der Waals surface area contributed by atoms with Crippen LogP contribution in [0.15, 0.2) is 24.3 Å². The van der Waals surface area contributed by atoms with Crippen molar-refractivity contribution in [2.75, 3.05) is 0 Å². The van der Waals surface area contributed by atoms with Gasteiger partial charge in [0.15, 0.2) is 0 Å². The van der Waals surface area contributed by atoms with Gasteiger partial charge in [0.05, 0.1) is 0 Å². The Hall–Kier alpha value is -1.88. The molecule has 0 unspecified atom stereocenters. The summed E-state index contributed by atoms with van der Waals surface area (Å²) in [7, 11) is 0. The van der Waals surface area contributed by atoms with Gasteiger partial charge in [-0.2, -0.15) is 0 Å². The van der Waals surface area contributed by atoms with Crippen LogP contribution in [0.25, 0.3) is 0 Å². The zero-order valence-electron chi connectivity index (χ0n) is 19.2. The maximum absolute atomic E-state index is 12.6. The number of carbonyl (C=O) groups is 2. The van der Waals surface area contributed by atoms with E-state index in [0.717, 1.165) is 36.8 Å². The van der Waals surface area contributed by atoms with E-state index in [-0.39, 0.29) is 21.2 Å². The van der Waals surface area contributed by atoms with Gasteiger partial charge in [0.25, 0.3) is 0 Å². The summed E-state index contributed by atoms with van der Waals surface area (Å²) in [5, 5.41) is 0. The molecule has 2 N–H and O–H groups in total. The standard InChI is InChI=1S/2C12H17NO.2FH.Zr/c2*1-4-5-10-6-7-11(12(13)14)9(3)8(10)2;;;/h2*6-7H,4-5H2,1-3H3,(H2,13,14);2*1H;/q;;;;+4/p-4. The molecule has 31 heavy (non-hydrogen) atoms. The van der Waals surface area contributed by atoms with E-state index in [1.807, 2.05) is 38.1 Å². The molecule has 2 rings (SSSR count). The maximum atomic E-state index is 12.6. The zero-order chi connectivity index (χ0) is 21.6. The number of rotatable bonds is 8. The number of benzene rings is 2. The molecule has 0 aliphatic carbocycles. The maximum Gasteiger partial charge on any atom is -1.00 e. The minimum Gasteiger partial charge on any atom is -1.00 e. The molecule has 2 aromatic rings. The van der Waals surface area contributed by atoms with Crippen LogP contribution in [0.3, 0.4) is 0 Å². The van der Waals surface area contributed by atoms with Gasteiger partial charge in [-0.1, -0.05) is 0 Å². The van der Waals surface area contributed by atoms with Crippen LogP contribution in [0.4, 0.5) is 0 Å². The Balaban J connectivity index is 0.00000450. The van der Waals surface area contributed by atoms with Gasteiger partial charge in [-0.15, -0.1) is 0 Å². The van der Waals surface area contributed by atoms with Crippen LogP contribution in [-0.4, -0.2) is 11.8 Å². The quantitative estimate of drug-likeness (QED) is 0.475. The van der Waals surface area contributed by atoms with E-state index >= 15 is 0 Å². The third-order valence-corrected chi connectivity index (χ3v) is 7.41. The third kappa shape index (κ3) is 7.06. The van der Waals surface area contributed by atoms with Crippen LogP contribution in [0.2, 0.25) is 0 Å². The van der Waals surface area contributed by atoms with Crippen LogP contribution >= 0.6 is 0 Å². The molecular formula is C24H32F2N2O2Zr. The van der Waals surface area contributed by atoms with Crippen molar-refractivity contribution in [1.82, 2.24) is 6.52 Å². The van der Waals surface area contributed by atoms with Crippen molar-refractivity contribution in [3.05, 3.63) is 68.8 Å². The van der Waals surface area contributed by atoms with Crippen molar-refractivity contribution in [3.8, 4) is 0 Å². The average Bonchev–Trinajstić information content (AvgIpc) is 2.69. The van der Waals surface area contributed by atoms with Gasteiger partial charge >= 0.3 is 188 Å². The Bertz CT molecular complexity index is 843. The Morgan fingerprint density at radius 2 is 1.03 bits per heavy atom. The Morgan fingerprint density at radius 1 is 0.677 bits per heavy atom. The largest absolute Gasteiger partial charge is 1.00 e. The summed E-state index contributed by atoms with van der Waals surface area (Å²) in [6.07, 6.45) is 4.23. The summed E-state index contributed by atoms with van der Waals surface area (Å²) in [5.74, 6) is -0.182. The molecule has 0 spiro atoms. The molecule has 0 atom stereocenters. The summed E-state index contributed by atoms with van der Waals surface area (Å²) in [6, 6.07) is 7.91. The second-order valence-corrected chi connectivity index (χ2v) is 9.42. The van der Waals surface area contributed by atoms with E-state index in [0.29, 0.717) is 11.1 Å². The van der Waals surface area contributed by atoms with E-state index in [2.05, 4.69) is 34.2 Å². The molecule has 168 valence electrons. The third-order valence-electron chi connectivity index (χ3n) is 5.68. The molecule has 2 amide bonds. The fourth-order valence-corrected chi connectivity index (χ4v) is 4.98. The molecule has 0 aromatic heterocycles. The predicted molar refractivity (Wildman–Crippen MR) is 115 cm³/mol. The van der Waals surface area contributed by atoms with Crippen LogP contribution in [-0.2, 0) is 36.7 Å². The number of halogens is 2. The minimum absolute atomic E-state index is 0. The topological polar surface area (TPSA) is 58.2 Å². The fourth-order valence-electron chi connectivity index (χ4n) is 3.61. The smallest absolute Gasteiger partial charge is 1.00 e. The van der Waals surface area contributed by atoms with E-state index in [4.69, 9.17) is 0 Å². The fraction of sp³-hybridized carbons (Fsp3) is 0.417. The molecule has 0 heterocycles. The van der Waals surface area contributed by atoms with Crippen LogP contribution in [0, 0.1) is 27.7 Å². The van der Waals surface area contributed by atoms with E-state index < -0.39 is 23.8 Å². The summed E-state index contributed by atoms with van der Waals surface area (Å²) in [5.41, 5.74) is 8.43. The van der Waals surface area contributed by atoms with Crippen molar-refractivity contribution >= 4 is 11.8 Å². The number of hydrogen-bond donors (Lipinski definition) is 2. The molecule has 4 nitrogen and oxygen atoms in total. The van der Waals surface area contributed by atoms with Crippen LogP contribution < -0.4 is 15.9 Å². The normalized spacial score (nSPS) is 9.74. The molecule has 0 bridgehead atoms. The molecule has 0 aliphatic rings. The summed E-state index contributed by atoms with van der Waals surface area (Å²) in [6.45, 7) is 12.5. The van der Waals surface area contributed by atoms with E-state index in [1.165, 1.54) is 22.3 Å².